The van der Waals surface area contributed by atoms with E-state index in [4.69, 9.17) is 15.4 Å². The Bertz CT molecular complexity index is 222. The average molecular weight is 156 g/mol. The van der Waals surface area contributed by atoms with Gasteiger partial charge in [-0.25, -0.2) is 0 Å². The molecule has 62 valence electrons. The van der Waals surface area contributed by atoms with E-state index in [2.05, 4.69) is 5.16 Å². The summed E-state index contributed by atoms with van der Waals surface area (Å²) in [6.07, 6.45) is 2.14. The molecule has 0 saturated carbocycles. The van der Waals surface area contributed by atoms with Crippen molar-refractivity contribution in [1.29, 1.82) is 0 Å². The third-order valence-electron chi connectivity index (χ3n) is 1.63. The highest BCUT2D eigenvalue weighted by Crippen LogP contribution is 2.16. The van der Waals surface area contributed by atoms with Crippen LogP contribution in [0.15, 0.2) is 10.7 Å². The Balaban J connectivity index is 2.67. The molecule has 0 fully saturated rings. The van der Waals surface area contributed by atoms with Gasteiger partial charge in [0.25, 0.3) is 0 Å². The molecule has 0 bridgehead atoms. The minimum Gasteiger partial charge on any atom is -0.396 e. The summed E-state index contributed by atoms with van der Waals surface area (Å²) in [4.78, 5) is 0. The van der Waals surface area contributed by atoms with Gasteiger partial charge in [-0.3, -0.25) is 0 Å². The number of aliphatic hydroxyl groups excluding tert-OH is 1. The van der Waals surface area contributed by atoms with Gasteiger partial charge in [-0.2, -0.15) is 0 Å². The molecule has 0 amide bonds. The molecule has 4 nitrogen and oxygen atoms in total. The lowest BCUT2D eigenvalue weighted by atomic mass is 10.1. The first-order valence-corrected chi connectivity index (χ1v) is 3.53. The number of aryl methyl sites for hydroxylation is 1. The van der Waals surface area contributed by atoms with Gasteiger partial charge in [0.1, 0.15) is 5.76 Å². The zero-order valence-electron chi connectivity index (χ0n) is 6.45. The molecule has 0 radical (unpaired) electrons. The summed E-state index contributed by atoms with van der Waals surface area (Å²) >= 11 is 0. The van der Waals surface area contributed by atoms with Crippen molar-refractivity contribution in [3.8, 4) is 0 Å². The SMILES string of the molecule is Cc1oncc1C(N)CCO. The Morgan fingerprint density at radius 2 is 2.55 bits per heavy atom. The number of nitrogens with zero attached hydrogens (tertiary/aromatic N) is 1. The molecule has 1 aromatic rings. The van der Waals surface area contributed by atoms with Crippen LogP contribution >= 0.6 is 0 Å². The number of rotatable bonds is 3. The van der Waals surface area contributed by atoms with Crippen LogP contribution in [0, 0.1) is 6.92 Å². The third kappa shape index (κ3) is 1.78. The predicted octanol–water partition coefficient (Wildman–Crippen LogP) is 0.365. The van der Waals surface area contributed by atoms with Gasteiger partial charge in [0, 0.05) is 18.2 Å². The van der Waals surface area contributed by atoms with Crippen LogP contribution in [-0.2, 0) is 0 Å². The fraction of sp³-hybridized carbons (Fsp3) is 0.571. The lowest BCUT2D eigenvalue weighted by Crippen LogP contribution is -2.11. The van der Waals surface area contributed by atoms with Gasteiger partial charge in [-0.1, -0.05) is 5.16 Å². The summed E-state index contributed by atoms with van der Waals surface area (Å²) < 4.78 is 4.82. The topological polar surface area (TPSA) is 72.3 Å². The number of aliphatic hydroxyl groups is 1. The lowest BCUT2D eigenvalue weighted by molar-refractivity contribution is 0.276. The molecule has 0 aliphatic carbocycles. The zero-order chi connectivity index (χ0) is 8.27. The van der Waals surface area contributed by atoms with Gasteiger partial charge in [-0.15, -0.1) is 0 Å². The maximum Gasteiger partial charge on any atom is 0.138 e. The smallest absolute Gasteiger partial charge is 0.138 e. The minimum absolute atomic E-state index is 0.0891. The zero-order valence-corrected chi connectivity index (χ0v) is 6.45. The van der Waals surface area contributed by atoms with E-state index in [-0.39, 0.29) is 12.6 Å². The Kier molecular flexibility index (Phi) is 2.62. The molecule has 11 heavy (non-hydrogen) atoms. The van der Waals surface area contributed by atoms with E-state index in [1.54, 1.807) is 13.1 Å². The van der Waals surface area contributed by atoms with Crippen LogP contribution in [0.4, 0.5) is 0 Å². The molecule has 1 heterocycles. The summed E-state index contributed by atoms with van der Waals surface area (Å²) in [6.45, 7) is 1.89. The maximum absolute atomic E-state index is 8.60. The molecule has 0 saturated heterocycles. The van der Waals surface area contributed by atoms with Crippen molar-refractivity contribution in [1.82, 2.24) is 5.16 Å². The second-order valence-electron chi connectivity index (χ2n) is 2.46. The highest BCUT2D eigenvalue weighted by atomic mass is 16.5. The molecular formula is C7H12N2O2. The molecule has 1 unspecified atom stereocenters. The predicted molar refractivity (Wildman–Crippen MR) is 39.9 cm³/mol. The Hall–Kier alpha value is -0.870. The van der Waals surface area contributed by atoms with Gasteiger partial charge >= 0.3 is 0 Å². The first kappa shape index (κ1) is 8.23. The van der Waals surface area contributed by atoms with E-state index >= 15 is 0 Å². The van der Waals surface area contributed by atoms with Crippen LogP contribution in [-0.4, -0.2) is 16.9 Å². The van der Waals surface area contributed by atoms with Crippen molar-refractivity contribution < 1.29 is 9.63 Å². The van der Waals surface area contributed by atoms with E-state index < -0.39 is 0 Å². The molecule has 1 aromatic heterocycles. The van der Waals surface area contributed by atoms with Gasteiger partial charge in [0.15, 0.2) is 0 Å². The van der Waals surface area contributed by atoms with Crippen LogP contribution in [0.1, 0.15) is 23.8 Å². The van der Waals surface area contributed by atoms with Crippen molar-refractivity contribution in [3.63, 3.8) is 0 Å². The van der Waals surface area contributed by atoms with Crippen molar-refractivity contribution in [2.45, 2.75) is 19.4 Å². The van der Waals surface area contributed by atoms with E-state index in [1.165, 1.54) is 0 Å². The third-order valence-corrected chi connectivity index (χ3v) is 1.63. The van der Waals surface area contributed by atoms with Crippen molar-refractivity contribution in [3.05, 3.63) is 17.5 Å². The monoisotopic (exact) mass is 156 g/mol. The van der Waals surface area contributed by atoms with Crippen molar-refractivity contribution >= 4 is 0 Å². The Labute approximate surface area is 65.0 Å². The molecule has 4 heteroatoms. The first-order valence-electron chi connectivity index (χ1n) is 3.53. The Morgan fingerprint density at radius 1 is 1.82 bits per heavy atom. The summed E-state index contributed by atoms with van der Waals surface area (Å²) in [6, 6.07) is -0.161. The lowest BCUT2D eigenvalue weighted by Gasteiger charge is -2.06. The fourth-order valence-corrected chi connectivity index (χ4v) is 0.957. The van der Waals surface area contributed by atoms with Crippen molar-refractivity contribution in [2.24, 2.45) is 5.73 Å². The van der Waals surface area contributed by atoms with E-state index in [1.807, 2.05) is 0 Å². The molecule has 1 rings (SSSR count). The van der Waals surface area contributed by atoms with Crippen LogP contribution < -0.4 is 5.73 Å². The quantitative estimate of drug-likeness (QED) is 0.663. The van der Waals surface area contributed by atoms with Crippen LogP contribution in [0.25, 0.3) is 0 Å². The molecule has 1 atom stereocenters. The largest absolute Gasteiger partial charge is 0.396 e. The molecule has 0 spiro atoms. The maximum atomic E-state index is 8.60. The van der Waals surface area contributed by atoms with Crippen LogP contribution in [0.2, 0.25) is 0 Å². The fourth-order valence-electron chi connectivity index (χ4n) is 0.957. The van der Waals surface area contributed by atoms with Crippen LogP contribution in [0.3, 0.4) is 0 Å². The number of nitrogens with two attached hydrogens (primary N) is 1. The molecule has 0 aliphatic rings. The molecule has 3 N–H and O–H groups in total. The molecule has 0 aliphatic heterocycles. The summed E-state index contributed by atoms with van der Waals surface area (Å²) in [5, 5.41) is 12.2. The van der Waals surface area contributed by atoms with E-state index in [9.17, 15) is 0 Å². The highest BCUT2D eigenvalue weighted by molar-refractivity contribution is 5.15. The second kappa shape index (κ2) is 3.50. The average Bonchev–Trinajstić information content (AvgIpc) is 2.36. The van der Waals surface area contributed by atoms with Gasteiger partial charge in [-0.05, 0) is 13.3 Å². The normalized spacial score (nSPS) is 13.4. The number of aromatic nitrogens is 1. The second-order valence-corrected chi connectivity index (χ2v) is 2.46. The van der Waals surface area contributed by atoms with Gasteiger partial charge in [0.05, 0.1) is 6.20 Å². The first-order chi connectivity index (χ1) is 5.25. The number of hydrogen-bond acceptors (Lipinski definition) is 4. The Morgan fingerprint density at radius 3 is 3.00 bits per heavy atom. The highest BCUT2D eigenvalue weighted by Gasteiger charge is 2.10. The summed E-state index contributed by atoms with van der Waals surface area (Å²) in [5.74, 6) is 0.728. The van der Waals surface area contributed by atoms with Crippen LogP contribution in [0.5, 0.6) is 0 Å². The van der Waals surface area contributed by atoms with E-state index in [0.29, 0.717) is 6.42 Å². The van der Waals surface area contributed by atoms with E-state index in [0.717, 1.165) is 11.3 Å². The molecular weight excluding hydrogens is 144 g/mol. The minimum atomic E-state index is -0.161. The van der Waals surface area contributed by atoms with Gasteiger partial charge < -0.3 is 15.4 Å². The number of hydrogen-bond donors (Lipinski definition) is 2. The summed E-state index contributed by atoms with van der Waals surface area (Å²) in [7, 11) is 0. The standard InChI is InChI=1S/C7H12N2O2/c1-5-6(4-9-11-5)7(8)2-3-10/h4,7,10H,2-3,8H2,1H3. The van der Waals surface area contributed by atoms with Gasteiger partial charge in [0.2, 0.25) is 0 Å². The molecule has 0 aromatic carbocycles. The summed E-state index contributed by atoms with van der Waals surface area (Å²) in [5.41, 5.74) is 6.56. The van der Waals surface area contributed by atoms with Crippen molar-refractivity contribution in [2.75, 3.05) is 6.61 Å².